The van der Waals surface area contributed by atoms with E-state index >= 15 is 0 Å². The summed E-state index contributed by atoms with van der Waals surface area (Å²) >= 11 is 0. The first kappa shape index (κ1) is 12.7. The molecule has 3 nitrogen and oxygen atoms in total. The lowest BCUT2D eigenvalue weighted by molar-refractivity contribution is 0.112. The van der Waals surface area contributed by atoms with Gasteiger partial charge in [-0.05, 0) is 24.3 Å². The van der Waals surface area contributed by atoms with Crippen LogP contribution < -0.4 is 9.80 Å². The fourth-order valence-corrected chi connectivity index (χ4v) is 2.63. The van der Waals surface area contributed by atoms with E-state index in [4.69, 9.17) is 0 Å². The number of carbonyl (C=O) groups is 1. The maximum atomic E-state index is 13.8. The van der Waals surface area contributed by atoms with E-state index in [9.17, 15) is 9.18 Å². The van der Waals surface area contributed by atoms with Gasteiger partial charge in [0.1, 0.15) is 5.82 Å². The molecule has 3 rings (SSSR count). The Morgan fingerprint density at radius 1 is 1.00 bits per heavy atom. The number of benzene rings is 2. The second-order valence-electron chi connectivity index (χ2n) is 4.85. The van der Waals surface area contributed by atoms with Crippen LogP contribution >= 0.6 is 0 Å². The molecule has 1 heterocycles. The fraction of sp³-hybridized carbons (Fsp3) is 0.188. The van der Waals surface area contributed by atoms with E-state index in [1.54, 1.807) is 12.1 Å². The van der Waals surface area contributed by atoms with Gasteiger partial charge >= 0.3 is 0 Å². The van der Waals surface area contributed by atoms with Gasteiger partial charge in [0.2, 0.25) is 0 Å². The molecule has 0 atom stereocenters. The molecule has 0 unspecified atom stereocenters. The normalized spacial score (nSPS) is 14.1. The van der Waals surface area contributed by atoms with Gasteiger partial charge in [-0.1, -0.05) is 18.2 Å². The summed E-state index contributed by atoms with van der Waals surface area (Å²) in [4.78, 5) is 15.4. The lowest BCUT2D eigenvalue weighted by Crippen LogP contribution is -2.36. The van der Waals surface area contributed by atoms with Gasteiger partial charge in [0.15, 0.2) is 6.29 Å². The van der Waals surface area contributed by atoms with Gasteiger partial charge in [0, 0.05) is 20.1 Å². The molecule has 0 N–H and O–H groups in total. The third-order valence-corrected chi connectivity index (χ3v) is 3.68. The molecule has 20 heavy (non-hydrogen) atoms. The third-order valence-electron chi connectivity index (χ3n) is 3.68. The average Bonchev–Trinajstić information content (AvgIpc) is 2.48. The molecule has 0 bridgehead atoms. The molecule has 0 radical (unpaired) electrons. The summed E-state index contributed by atoms with van der Waals surface area (Å²) in [5.74, 6) is -0.478. The molecule has 102 valence electrons. The topological polar surface area (TPSA) is 23.6 Å². The summed E-state index contributed by atoms with van der Waals surface area (Å²) in [7, 11) is 2.03. The van der Waals surface area contributed by atoms with Crippen molar-refractivity contribution in [2.75, 3.05) is 29.9 Å². The fourth-order valence-electron chi connectivity index (χ4n) is 2.63. The van der Waals surface area contributed by atoms with Gasteiger partial charge in [-0.3, -0.25) is 4.79 Å². The number of hydrogen-bond donors (Lipinski definition) is 0. The molecule has 2 aromatic rings. The Kier molecular flexibility index (Phi) is 3.14. The summed E-state index contributed by atoms with van der Waals surface area (Å²) in [6.07, 6.45) is 0.589. The Bertz CT molecular complexity index is 657. The number of rotatable bonds is 2. The highest BCUT2D eigenvalue weighted by Gasteiger charge is 2.23. The number of nitrogens with zero attached hydrogens (tertiary/aromatic N) is 2. The first-order valence-corrected chi connectivity index (χ1v) is 6.54. The minimum atomic E-state index is -0.478. The van der Waals surface area contributed by atoms with Gasteiger partial charge in [0.25, 0.3) is 0 Å². The quantitative estimate of drug-likeness (QED) is 0.783. The number of fused-ring (bicyclic) bond motifs is 1. The van der Waals surface area contributed by atoms with Crippen LogP contribution in [0.4, 0.5) is 21.5 Å². The van der Waals surface area contributed by atoms with Crippen LogP contribution in [0.5, 0.6) is 0 Å². The molecule has 1 aliphatic heterocycles. The van der Waals surface area contributed by atoms with Gasteiger partial charge in [-0.15, -0.1) is 0 Å². The smallest absolute Gasteiger partial charge is 0.155 e. The standard InChI is InChI=1S/C16H15FN2O/c1-18-9-10-19(16-7-3-2-6-15(16)18)14-8-4-5-13(17)12(14)11-20/h2-8,11H,9-10H2,1H3. The van der Waals surface area contributed by atoms with E-state index in [1.165, 1.54) is 6.07 Å². The molecule has 0 amide bonds. The number of likely N-dealkylation sites (N-methyl/N-ethyl adjacent to an activating group) is 1. The summed E-state index contributed by atoms with van der Waals surface area (Å²) in [6, 6.07) is 12.7. The van der Waals surface area contributed by atoms with Crippen molar-refractivity contribution in [2.24, 2.45) is 0 Å². The van der Waals surface area contributed by atoms with Crippen LogP contribution in [0.3, 0.4) is 0 Å². The number of para-hydroxylation sites is 2. The Balaban J connectivity index is 2.15. The third kappa shape index (κ3) is 1.93. The van der Waals surface area contributed by atoms with E-state index in [0.29, 0.717) is 12.0 Å². The van der Waals surface area contributed by atoms with Crippen LogP contribution in [0.25, 0.3) is 0 Å². The molecule has 0 aromatic heterocycles. The monoisotopic (exact) mass is 270 g/mol. The lowest BCUT2D eigenvalue weighted by atomic mass is 10.1. The largest absolute Gasteiger partial charge is 0.371 e. The molecular weight excluding hydrogens is 255 g/mol. The second kappa shape index (κ2) is 4.96. The zero-order chi connectivity index (χ0) is 14.1. The summed E-state index contributed by atoms with van der Waals surface area (Å²) in [5, 5.41) is 0. The summed E-state index contributed by atoms with van der Waals surface area (Å²) in [6.45, 7) is 1.55. The SMILES string of the molecule is CN1CCN(c2cccc(F)c2C=O)c2ccccc21. The van der Waals surface area contributed by atoms with Crippen molar-refractivity contribution >= 4 is 23.3 Å². The minimum Gasteiger partial charge on any atom is -0.371 e. The maximum Gasteiger partial charge on any atom is 0.155 e. The Morgan fingerprint density at radius 3 is 2.45 bits per heavy atom. The van der Waals surface area contributed by atoms with Gasteiger partial charge in [0.05, 0.1) is 22.6 Å². The number of anilines is 3. The maximum absolute atomic E-state index is 13.8. The van der Waals surface area contributed by atoms with Gasteiger partial charge < -0.3 is 9.80 Å². The molecule has 0 saturated carbocycles. The van der Waals surface area contributed by atoms with Gasteiger partial charge in [-0.2, -0.15) is 0 Å². The van der Waals surface area contributed by atoms with Crippen LogP contribution in [0.1, 0.15) is 10.4 Å². The predicted molar refractivity (Wildman–Crippen MR) is 78.5 cm³/mol. The molecular formula is C16H15FN2O. The van der Waals surface area contributed by atoms with E-state index in [1.807, 2.05) is 36.2 Å². The molecule has 0 saturated heterocycles. The Morgan fingerprint density at radius 2 is 1.70 bits per heavy atom. The zero-order valence-electron chi connectivity index (χ0n) is 11.2. The molecule has 4 heteroatoms. The van der Waals surface area contributed by atoms with Crippen LogP contribution in [0.15, 0.2) is 42.5 Å². The zero-order valence-corrected chi connectivity index (χ0v) is 11.2. The number of aldehydes is 1. The molecule has 0 aliphatic carbocycles. The molecule has 0 spiro atoms. The van der Waals surface area contributed by atoms with Gasteiger partial charge in [-0.25, -0.2) is 4.39 Å². The van der Waals surface area contributed by atoms with Crippen molar-refractivity contribution in [3.8, 4) is 0 Å². The molecule has 0 fully saturated rings. The summed E-state index contributed by atoms with van der Waals surface area (Å²) in [5.41, 5.74) is 2.82. The second-order valence-corrected chi connectivity index (χ2v) is 4.85. The molecule has 2 aromatic carbocycles. The number of carbonyl (C=O) groups excluding carboxylic acids is 1. The molecule has 1 aliphatic rings. The first-order chi connectivity index (χ1) is 9.72. The first-order valence-electron chi connectivity index (χ1n) is 6.54. The average molecular weight is 270 g/mol. The van der Waals surface area contributed by atoms with E-state index in [0.717, 1.165) is 24.5 Å². The lowest BCUT2D eigenvalue weighted by Gasteiger charge is -2.37. The van der Waals surface area contributed by atoms with Crippen molar-refractivity contribution in [1.29, 1.82) is 0 Å². The Hall–Kier alpha value is -2.36. The summed E-state index contributed by atoms with van der Waals surface area (Å²) < 4.78 is 13.8. The van der Waals surface area contributed by atoms with E-state index < -0.39 is 5.82 Å². The highest BCUT2D eigenvalue weighted by atomic mass is 19.1. The number of halogens is 1. The van der Waals surface area contributed by atoms with Crippen molar-refractivity contribution in [1.82, 2.24) is 0 Å². The Labute approximate surface area is 117 Å². The highest BCUT2D eigenvalue weighted by Crippen LogP contribution is 2.38. The van der Waals surface area contributed by atoms with E-state index in [2.05, 4.69) is 4.90 Å². The van der Waals surface area contributed by atoms with Crippen LogP contribution in [-0.2, 0) is 0 Å². The van der Waals surface area contributed by atoms with Crippen molar-refractivity contribution < 1.29 is 9.18 Å². The van der Waals surface area contributed by atoms with Crippen LogP contribution in [0.2, 0.25) is 0 Å². The number of hydrogen-bond acceptors (Lipinski definition) is 3. The van der Waals surface area contributed by atoms with Crippen molar-refractivity contribution in [3.63, 3.8) is 0 Å². The predicted octanol–water partition coefficient (Wildman–Crippen LogP) is 3.23. The van der Waals surface area contributed by atoms with E-state index in [-0.39, 0.29) is 5.56 Å². The highest BCUT2D eigenvalue weighted by molar-refractivity contribution is 5.90. The minimum absolute atomic E-state index is 0.117. The van der Waals surface area contributed by atoms with Crippen LogP contribution in [-0.4, -0.2) is 26.4 Å². The van der Waals surface area contributed by atoms with Crippen LogP contribution in [0, 0.1) is 5.82 Å². The van der Waals surface area contributed by atoms with Crippen molar-refractivity contribution in [3.05, 3.63) is 53.8 Å². The van der Waals surface area contributed by atoms with Crippen molar-refractivity contribution in [2.45, 2.75) is 0 Å².